The molecule has 3 N–H and O–H groups in total. The Labute approximate surface area is 116 Å². The zero-order chi connectivity index (χ0) is 13.0. The van der Waals surface area contributed by atoms with Crippen LogP contribution in [0.4, 0.5) is 5.69 Å². The molecule has 1 aliphatic rings. The van der Waals surface area contributed by atoms with Crippen molar-refractivity contribution in [2.45, 2.75) is 36.6 Å². The van der Waals surface area contributed by atoms with Crippen LogP contribution in [0, 0.1) is 0 Å². The van der Waals surface area contributed by atoms with Gasteiger partial charge < -0.3 is 11.1 Å². The predicted octanol–water partition coefficient (Wildman–Crippen LogP) is 3.07. The highest BCUT2D eigenvalue weighted by atomic mass is 35.5. The van der Waals surface area contributed by atoms with Crippen LogP contribution in [0.1, 0.15) is 25.7 Å². The molecule has 0 saturated heterocycles. The molecule has 0 unspecified atom stereocenters. The Bertz CT molecular complexity index is 433. The van der Waals surface area contributed by atoms with Crippen molar-refractivity contribution in [3.63, 3.8) is 0 Å². The largest absolute Gasteiger partial charge is 0.398 e. The Kier molecular flexibility index (Phi) is 4.78. The molecule has 3 nitrogen and oxygen atoms in total. The van der Waals surface area contributed by atoms with Crippen LogP contribution in [0.2, 0.25) is 5.02 Å². The number of carbonyl (C=O) groups excluding carboxylic acids is 1. The third kappa shape index (κ3) is 3.82. The van der Waals surface area contributed by atoms with E-state index in [2.05, 4.69) is 5.32 Å². The van der Waals surface area contributed by atoms with E-state index in [1.165, 1.54) is 24.6 Å². The van der Waals surface area contributed by atoms with E-state index >= 15 is 0 Å². The van der Waals surface area contributed by atoms with Gasteiger partial charge in [0, 0.05) is 21.6 Å². The van der Waals surface area contributed by atoms with Crippen molar-refractivity contribution in [2.75, 3.05) is 11.5 Å². The number of amides is 1. The van der Waals surface area contributed by atoms with Crippen LogP contribution in [0.5, 0.6) is 0 Å². The average Bonchev–Trinajstić information content (AvgIpc) is 2.80. The molecule has 0 bridgehead atoms. The second-order valence-electron chi connectivity index (χ2n) is 4.52. The van der Waals surface area contributed by atoms with Gasteiger partial charge in [-0.15, -0.1) is 11.8 Å². The number of hydrogen-bond acceptors (Lipinski definition) is 3. The van der Waals surface area contributed by atoms with E-state index in [-0.39, 0.29) is 5.91 Å². The van der Waals surface area contributed by atoms with Gasteiger partial charge in [0.15, 0.2) is 0 Å². The average molecular weight is 285 g/mol. The molecule has 0 aromatic heterocycles. The Hall–Kier alpha value is -0.870. The molecule has 1 aliphatic carbocycles. The molecule has 0 heterocycles. The highest BCUT2D eigenvalue weighted by Crippen LogP contribution is 2.27. The van der Waals surface area contributed by atoms with Crippen molar-refractivity contribution in [2.24, 2.45) is 0 Å². The molecule has 98 valence electrons. The Morgan fingerprint density at radius 3 is 2.83 bits per heavy atom. The lowest BCUT2D eigenvalue weighted by Gasteiger charge is -2.12. The number of rotatable bonds is 4. The second-order valence-corrected chi connectivity index (χ2v) is 5.97. The zero-order valence-electron chi connectivity index (χ0n) is 10.1. The van der Waals surface area contributed by atoms with E-state index in [9.17, 15) is 4.79 Å². The number of benzene rings is 1. The number of nitrogens with one attached hydrogen (secondary N) is 1. The minimum absolute atomic E-state index is 0.0845. The third-order valence-corrected chi connectivity index (χ3v) is 4.38. The monoisotopic (exact) mass is 284 g/mol. The van der Waals surface area contributed by atoms with Gasteiger partial charge in [0.05, 0.1) is 5.75 Å². The summed E-state index contributed by atoms with van der Waals surface area (Å²) in [7, 11) is 0. The number of halogens is 1. The number of nitrogen functional groups attached to an aromatic ring is 1. The summed E-state index contributed by atoms with van der Waals surface area (Å²) in [6.07, 6.45) is 4.67. The normalized spacial score (nSPS) is 15.8. The van der Waals surface area contributed by atoms with Crippen LogP contribution in [-0.2, 0) is 4.79 Å². The van der Waals surface area contributed by atoms with Gasteiger partial charge in [-0.25, -0.2) is 0 Å². The highest BCUT2D eigenvalue weighted by Gasteiger charge is 2.17. The van der Waals surface area contributed by atoms with Gasteiger partial charge in [-0.1, -0.05) is 24.4 Å². The van der Waals surface area contributed by atoms with Crippen molar-refractivity contribution in [1.29, 1.82) is 0 Å². The van der Waals surface area contributed by atoms with Gasteiger partial charge in [0.25, 0.3) is 0 Å². The van der Waals surface area contributed by atoms with Crippen molar-refractivity contribution in [1.82, 2.24) is 5.32 Å². The number of carbonyl (C=O) groups is 1. The maximum Gasteiger partial charge on any atom is 0.230 e. The molecule has 0 spiro atoms. The van der Waals surface area contributed by atoms with Gasteiger partial charge in [-0.2, -0.15) is 0 Å². The first-order chi connectivity index (χ1) is 8.65. The van der Waals surface area contributed by atoms with Gasteiger partial charge in [-0.05, 0) is 31.0 Å². The van der Waals surface area contributed by atoms with Gasteiger partial charge in [0.2, 0.25) is 5.91 Å². The van der Waals surface area contributed by atoms with E-state index in [0.717, 1.165) is 17.7 Å². The van der Waals surface area contributed by atoms with Gasteiger partial charge in [-0.3, -0.25) is 4.79 Å². The van der Waals surface area contributed by atoms with Crippen LogP contribution in [-0.4, -0.2) is 17.7 Å². The van der Waals surface area contributed by atoms with E-state index in [1.54, 1.807) is 12.1 Å². The summed E-state index contributed by atoms with van der Waals surface area (Å²) in [4.78, 5) is 12.7. The summed E-state index contributed by atoms with van der Waals surface area (Å²) in [5.41, 5.74) is 6.46. The van der Waals surface area contributed by atoms with Crippen LogP contribution < -0.4 is 11.1 Å². The lowest BCUT2D eigenvalue weighted by molar-refractivity contribution is -0.119. The van der Waals surface area contributed by atoms with Gasteiger partial charge >= 0.3 is 0 Å². The Balaban J connectivity index is 1.81. The van der Waals surface area contributed by atoms with E-state index in [0.29, 0.717) is 22.5 Å². The highest BCUT2D eigenvalue weighted by molar-refractivity contribution is 8.00. The van der Waals surface area contributed by atoms with Crippen LogP contribution in [0.3, 0.4) is 0 Å². The Morgan fingerprint density at radius 2 is 2.17 bits per heavy atom. The zero-order valence-corrected chi connectivity index (χ0v) is 11.7. The molecule has 1 fully saturated rings. The molecule has 5 heteroatoms. The summed E-state index contributed by atoms with van der Waals surface area (Å²) in [6, 6.07) is 5.72. The minimum atomic E-state index is 0.0845. The second kappa shape index (κ2) is 6.34. The van der Waals surface area contributed by atoms with E-state index in [4.69, 9.17) is 17.3 Å². The first kappa shape index (κ1) is 13.6. The predicted molar refractivity (Wildman–Crippen MR) is 77.0 cm³/mol. The molecule has 1 amide bonds. The quantitative estimate of drug-likeness (QED) is 0.660. The summed E-state index contributed by atoms with van der Waals surface area (Å²) in [6.45, 7) is 0. The summed E-state index contributed by atoms with van der Waals surface area (Å²) in [5.74, 6) is 0.490. The smallest absolute Gasteiger partial charge is 0.230 e. The SMILES string of the molecule is Nc1cc(Cl)ccc1SCC(=O)NC1CCCC1. The topological polar surface area (TPSA) is 55.1 Å². The molecule has 0 atom stereocenters. The van der Waals surface area contributed by atoms with Gasteiger partial charge in [0.1, 0.15) is 0 Å². The lowest BCUT2D eigenvalue weighted by atomic mass is 10.2. The van der Waals surface area contributed by atoms with E-state index < -0.39 is 0 Å². The number of hydrogen-bond donors (Lipinski definition) is 2. The van der Waals surface area contributed by atoms with Crippen LogP contribution in [0.15, 0.2) is 23.1 Å². The molecular weight excluding hydrogens is 268 g/mol. The Morgan fingerprint density at radius 1 is 1.44 bits per heavy atom. The molecule has 1 aromatic carbocycles. The fourth-order valence-corrected chi connectivity index (χ4v) is 3.07. The van der Waals surface area contributed by atoms with E-state index in [1.807, 2.05) is 6.07 Å². The molecule has 1 saturated carbocycles. The number of nitrogens with two attached hydrogens (primary N) is 1. The standard InChI is InChI=1S/C13H17ClN2OS/c14-9-5-6-12(11(15)7-9)18-8-13(17)16-10-3-1-2-4-10/h5-7,10H,1-4,8,15H2,(H,16,17). The molecule has 0 aliphatic heterocycles. The number of thioether (sulfide) groups is 1. The molecule has 18 heavy (non-hydrogen) atoms. The fourth-order valence-electron chi connectivity index (χ4n) is 2.13. The van der Waals surface area contributed by atoms with Crippen LogP contribution in [0.25, 0.3) is 0 Å². The lowest BCUT2D eigenvalue weighted by Crippen LogP contribution is -2.33. The summed E-state index contributed by atoms with van der Waals surface area (Å²) < 4.78 is 0. The van der Waals surface area contributed by atoms with Crippen LogP contribution >= 0.6 is 23.4 Å². The third-order valence-electron chi connectivity index (χ3n) is 3.05. The van der Waals surface area contributed by atoms with Crippen molar-refractivity contribution in [3.8, 4) is 0 Å². The van der Waals surface area contributed by atoms with Crippen molar-refractivity contribution in [3.05, 3.63) is 23.2 Å². The molecule has 1 aromatic rings. The van der Waals surface area contributed by atoms with Crippen molar-refractivity contribution >= 4 is 35.0 Å². The maximum absolute atomic E-state index is 11.8. The minimum Gasteiger partial charge on any atom is -0.398 e. The molecular formula is C13H17ClN2OS. The first-order valence-electron chi connectivity index (χ1n) is 6.12. The number of anilines is 1. The summed E-state index contributed by atoms with van der Waals surface area (Å²) in [5, 5.41) is 3.67. The fraction of sp³-hybridized carbons (Fsp3) is 0.462. The first-order valence-corrected chi connectivity index (χ1v) is 7.48. The maximum atomic E-state index is 11.8. The molecule has 2 rings (SSSR count). The summed E-state index contributed by atoms with van der Waals surface area (Å²) >= 11 is 7.28. The molecule has 0 radical (unpaired) electrons. The van der Waals surface area contributed by atoms with Crippen molar-refractivity contribution < 1.29 is 4.79 Å².